The van der Waals surface area contributed by atoms with Crippen molar-refractivity contribution < 1.29 is 9.47 Å². The summed E-state index contributed by atoms with van der Waals surface area (Å²) in [7, 11) is 4.86. The second-order valence-corrected chi connectivity index (χ2v) is 5.15. The zero-order chi connectivity index (χ0) is 15.6. The zero-order valence-electron chi connectivity index (χ0n) is 11.9. The van der Waals surface area contributed by atoms with E-state index in [0.717, 1.165) is 11.3 Å². The van der Waals surface area contributed by atoms with Crippen molar-refractivity contribution in [3.05, 3.63) is 39.6 Å². The first-order chi connectivity index (χ1) is 10.0. The Balaban J connectivity index is 2.56. The molecule has 0 saturated heterocycles. The Kier molecular flexibility index (Phi) is 4.95. The number of nitrogens with one attached hydrogen (secondary N) is 1. The van der Waals surface area contributed by atoms with Crippen molar-refractivity contribution in [2.24, 2.45) is 12.9 Å². The Bertz CT molecular complexity index is 626. The summed E-state index contributed by atoms with van der Waals surface area (Å²) in [4.78, 5) is 0. The van der Waals surface area contributed by atoms with Gasteiger partial charge in [-0.2, -0.15) is 5.10 Å². The highest BCUT2D eigenvalue weighted by Crippen LogP contribution is 2.39. The highest BCUT2D eigenvalue weighted by atomic mass is 35.5. The average molecular weight is 331 g/mol. The summed E-state index contributed by atoms with van der Waals surface area (Å²) in [6.07, 6.45) is 1.56. The topological polar surface area (TPSA) is 74.3 Å². The monoisotopic (exact) mass is 330 g/mol. The molecule has 8 heteroatoms. The Morgan fingerprint density at radius 1 is 1.24 bits per heavy atom. The summed E-state index contributed by atoms with van der Waals surface area (Å²) in [5.41, 5.74) is 4.23. The van der Waals surface area contributed by atoms with E-state index in [1.54, 1.807) is 37.2 Å². The number of ether oxygens (including phenoxy) is 2. The van der Waals surface area contributed by atoms with E-state index in [2.05, 4.69) is 10.5 Å². The van der Waals surface area contributed by atoms with Crippen LogP contribution in [0.3, 0.4) is 0 Å². The lowest BCUT2D eigenvalue weighted by Gasteiger charge is -2.20. The van der Waals surface area contributed by atoms with Crippen LogP contribution in [0.15, 0.2) is 18.3 Å². The Morgan fingerprint density at radius 2 is 1.95 bits per heavy atom. The van der Waals surface area contributed by atoms with Crippen molar-refractivity contribution in [3.63, 3.8) is 0 Å². The molecule has 1 aromatic heterocycles. The van der Waals surface area contributed by atoms with Crippen LogP contribution in [-0.4, -0.2) is 24.0 Å². The minimum Gasteiger partial charge on any atom is -0.493 e. The van der Waals surface area contributed by atoms with Crippen LogP contribution in [0.4, 0.5) is 0 Å². The van der Waals surface area contributed by atoms with E-state index in [1.165, 1.54) is 7.11 Å². The molecular weight excluding hydrogens is 315 g/mol. The first-order valence-electron chi connectivity index (χ1n) is 6.08. The SMILES string of the molecule is COc1cc(C(NN)c2c(Cl)cnn2C)cc(Cl)c1OC. The van der Waals surface area contributed by atoms with Gasteiger partial charge in [-0.25, -0.2) is 5.43 Å². The number of aromatic nitrogens is 2. The van der Waals surface area contributed by atoms with Crippen LogP contribution in [0.1, 0.15) is 17.3 Å². The summed E-state index contributed by atoms with van der Waals surface area (Å²) >= 11 is 12.4. The third kappa shape index (κ3) is 2.94. The molecule has 21 heavy (non-hydrogen) atoms. The van der Waals surface area contributed by atoms with Crippen molar-refractivity contribution >= 4 is 23.2 Å². The highest BCUT2D eigenvalue weighted by molar-refractivity contribution is 6.32. The van der Waals surface area contributed by atoms with Gasteiger partial charge in [0.25, 0.3) is 0 Å². The minimum absolute atomic E-state index is 0.387. The Morgan fingerprint density at radius 3 is 2.43 bits per heavy atom. The average Bonchev–Trinajstić information content (AvgIpc) is 2.79. The van der Waals surface area contributed by atoms with Gasteiger partial charge in [-0.3, -0.25) is 10.5 Å². The van der Waals surface area contributed by atoms with Gasteiger partial charge in [-0.05, 0) is 17.7 Å². The number of nitrogens with zero attached hydrogens (tertiary/aromatic N) is 2. The van der Waals surface area contributed by atoms with Crippen LogP contribution in [-0.2, 0) is 7.05 Å². The van der Waals surface area contributed by atoms with Crippen molar-refractivity contribution in [2.45, 2.75) is 6.04 Å². The minimum atomic E-state index is -0.387. The first-order valence-corrected chi connectivity index (χ1v) is 6.84. The van der Waals surface area contributed by atoms with Crippen LogP contribution < -0.4 is 20.7 Å². The maximum atomic E-state index is 6.23. The Labute approximate surface area is 132 Å². The lowest BCUT2D eigenvalue weighted by molar-refractivity contribution is 0.354. The second kappa shape index (κ2) is 6.53. The summed E-state index contributed by atoms with van der Waals surface area (Å²) in [5, 5.41) is 5.04. The van der Waals surface area contributed by atoms with Crippen molar-refractivity contribution in [1.29, 1.82) is 0 Å². The standard InChI is InChI=1S/C13H16Cl2N4O2/c1-19-12(9(15)6-17-19)11(18-16)7-4-8(14)13(21-3)10(5-7)20-2/h4-6,11,18H,16H2,1-3H3. The first kappa shape index (κ1) is 15.9. The fourth-order valence-electron chi connectivity index (χ4n) is 2.18. The molecule has 0 amide bonds. The number of benzene rings is 1. The van der Waals surface area contributed by atoms with Gasteiger partial charge in [0, 0.05) is 7.05 Å². The van der Waals surface area contributed by atoms with Crippen molar-refractivity contribution in [1.82, 2.24) is 15.2 Å². The number of rotatable bonds is 5. The number of aryl methyl sites for hydroxylation is 1. The maximum Gasteiger partial charge on any atom is 0.179 e. The summed E-state index contributed by atoms with van der Waals surface area (Å²) in [6.45, 7) is 0. The Hall–Kier alpha value is -1.47. The van der Waals surface area contributed by atoms with Gasteiger partial charge in [0.05, 0.1) is 42.2 Å². The normalized spacial score (nSPS) is 12.3. The maximum absolute atomic E-state index is 6.23. The molecule has 1 aromatic carbocycles. The number of nitrogens with two attached hydrogens (primary N) is 1. The van der Waals surface area contributed by atoms with E-state index >= 15 is 0 Å². The predicted octanol–water partition coefficient (Wildman–Crippen LogP) is 2.30. The molecule has 3 N–H and O–H groups in total. The second-order valence-electron chi connectivity index (χ2n) is 4.34. The molecule has 0 fully saturated rings. The molecule has 6 nitrogen and oxygen atoms in total. The third-order valence-corrected chi connectivity index (χ3v) is 3.74. The van der Waals surface area contributed by atoms with Gasteiger partial charge in [0.1, 0.15) is 0 Å². The van der Waals surface area contributed by atoms with E-state index in [-0.39, 0.29) is 6.04 Å². The van der Waals surface area contributed by atoms with Crippen LogP contribution in [0, 0.1) is 0 Å². The van der Waals surface area contributed by atoms with Crippen molar-refractivity contribution in [3.8, 4) is 11.5 Å². The van der Waals surface area contributed by atoms with Gasteiger partial charge < -0.3 is 9.47 Å². The van der Waals surface area contributed by atoms with E-state index in [9.17, 15) is 0 Å². The van der Waals surface area contributed by atoms with Crippen LogP contribution in [0.2, 0.25) is 10.0 Å². The molecule has 0 aliphatic rings. The molecule has 0 bridgehead atoms. The van der Waals surface area contributed by atoms with Gasteiger partial charge in [-0.15, -0.1) is 0 Å². The number of hydrogen-bond acceptors (Lipinski definition) is 5. The van der Waals surface area contributed by atoms with E-state index in [0.29, 0.717) is 21.5 Å². The molecule has 2 aromatic rings. The molecule has 0 aliphatic carbocycles. The number of methoxy groups -OCH3 is 2. The van der Waals surface area contributed by atoms with Gasteiger partial charge in [0.15, 0.2) is 11.5 Å². The fraction of sp³-hybridized carbons (Fsp3) is 0.308. The molecule has 0 spiro atoms. The number of hydrazine groups is 1. The van der Waals surface area contributed by atoms with Crippen LogP contribution >= 0.6 is 23.2 Å². The number of halogens is 2. The van der Waals surface area contributed by atoms with E-state index < -0.39 is 0 Å². The third-order valence-electron chi connectivity index (χ3n) is 3.17. The van der Waals surface area contributed by atoms with E-state index in [1.807, 2.05) is 0 Å². The molecule has 2 rings (SSSR count). The molecule has 1 atom stereocenters. The van der Waals surface area contributed by atoms with E-state index in [4.69, 9.17) is 38.5 Å². The molecular formula is C13H16Cl2N4O2. The van der Waals surface area contributed by atoms with Gasteiger partial charge in [-0.1, -0.05) is 23.2 Å². The fourth-order valence-corrected chi connectivity index (χ4v) is 2.75. The highest BCUT2D eigenvalue weighted by Gasteiger charge is 2.23. The zero-order valence-corrected chi connectivity index (χ0v) is 13.4. The molecule has 0 saturated carbocycles. The molecule has 114 valence electrons. The van der Waals surface area contributed by atoms with Gasteiger partial charge >= 0.3 is 0 Å². The van der Waals surface area contributed by atoms with Crippen molar-refractivity contribution in [2.75, 3.05) is 14.2 Å². The summed E-state index contributed by atoms with van der Waals surface area (Å²) < 4.78 is 12.2. The molecule has 0 radical (unpaired) electrons. The number of hydrogen-bond donors (Lipinski definition) is 2. The lowest BCUT2D eigenvalue weighted by Crippen LogP contribution is -2.30. The predicted molar refractivity (Wildman–Crippen MR) is 81.9 cm³/mol. The summed E-state index contributed by atoms with van der Waals surface area (Å²) in [5.74, 6) is 6.66. The lowest BCUT2D eigenvalue weighted by atomic mass is 10.0. The molecule has 1 unspecified atom stereocenters. The van der Waals surface area contributed by atoms with Crippen LogP contribution in [0.5, 0.6) is 11.5 Å². The molecule has 0 aliphatic heterocycles. The largest absolute Gasteiger partial charge is 0.493 e. The quantitative estimate of drug-likeness (QED) is 0.650. The summed E-state index contributed by atoms with van der Waals surface area (Å²) in [6, 6.07) is 3.15. The van der Waals surface area contributed by atoms with Crippen LogP contribution in [0.25, 0.3) is 0 Å². The smallest absolute Gasteiger partial charge is 0.179 e. The van der Waals surface area contributed by atoms with Gasteiger partial charge in [0.2, 0.25) is 0 Å². The molecule has 1 heterocycles.